The van der Waals surface area contributed by atoms with Gasteiger partial charge >= 0.3 is 5.91 Å². The molecule has 1 aliphatic carbocycles. The van der Waals surface area contributed by atoms with Crippen LogP contribution in [0.25, 0.3) is 0 Å². The van der Waals surface area contributed by atoms with Gasteiger partial charge in [0.2, 0.25) is 0 Å². The molecule has 0 aromatic carbocycles. The van der Waals surface area contributed by atoms with Crippen molar-refractivity contribution < 1.29 is 14.6 Å². The highest BCUT2D eigenvalue weighted by Crippen LogP contribution is 2.43. The lowest BCUT2D eigenvalue weighted by molar-refractivity contribution is -0.361. The van der Waals surface area contributed by atoms with Crippen LogP contribution in [0.1, 0.15) is 50.3 Å². The average molecular weight is 471 g/mol. The summed E-state index contributed by atoms with van der Waals surface area (Å²) in [5.41, 5.74) is 4.71. The summed E-state index contributed by atoms with van der Waals surface area (Å²) in [6.07, 6.45) is 5.86. The first kappa shape index (κ1) is 20.5. The molecule has 2 aromatic heterocycles. The normalized spacial score (nSPS) is 18.9. The van der Waals surface area contributed by atoms with Crippen LogP contribution in [-0.4, -0.2) is 21.5 Å². The van der Waals surface area contributed by atoms with E-state index in [2.05, 4.69) is 36.6 Å². The first-order chi connectivity index (χ1) is 14.4. The van der Waals surface area contributed by atoms with Crippen molar-refractivity contribution >= 4 is 33.4 Å². The van der Waals surface area contributed by atoms with E-state index in [0.29, 0.717) is 23.4 Å². The number of amides is 1. The van der Waals surface area contributed by atoms with Gasteiger partial charge < -0.3 is 5.32 Å². The Morgan fingerprint density at radius 1 is 1.37 bits per heavy atom. The first-order valence-corrected chi connectivity index (χ1v) is 10.9. The highest BCUT2D eigenvalue weighted by molar-refractivity contribution is 9.10. The Bertz CT molecular complexity index is 1080. The molecule has 7 nitrogen and oxygen atoms in total. The van der Waals surface area contributed by atoms with Crippen molar-refractivity contribution in [2.75, 3.05) is 5.32 Å². The number of halogens is 1. The zero-order valence-electron chi connectivity index (χ0n) is 17.3. The van der Waals surface area contributed by atoms with Gasteiger partial charge in [-0.1, -0.05) is 0 Å². The highest BCUT2D eigenvalue weighted by atomic mass is 79.9. The predicted molar refractivity (Wildman–Crippen MR) is 116 cm³/mol. The lowest BCUT2D eigenvalue weighted by Gasteiger charge is -2.33. The van der Waals surface area contributed by atoms with E-state index >= 15 is 0 Å². The zero-order chi connectivity index (χ0) is 21.4. The summed E-state index contributed by atoms with van der Waals surface area (Å²) in [5, 5.41) is 10.9. The molecule has 0 saturated carbocycles. The molecule has 8 heteroatoms. The van der Waals surface area contributed by atoms with E-state index in [4.69, 9.17) is 0 Å². The van der Waals surface area contributed by atoms with Crippen molar-refractivity contribution in [1.29, 1.82) is 0 Å². The van der Waals surface area contributed by atoms with Crippen molar-refractivity contribution in [3.8, 4) is 0 Å². The summed E-state index contributed by atoms with van der Waals surface area (Å²) in [6.45, 7) is 6.58. The third-order valence-corrected chi connectivity index (χ3v) is 6.16. The van der Waals surface area contributed by atoms with Crippen LogP contribution >= 0.6 is 15.9 Å². The topological polar surface area (TPSA) is 90.2 Å². The summed E-state index contributed by atoms with van der Waals surface area (Å²) in [5.74, 6) is 0.0188. The fourth-order valence-corrected chi connectivity index (χ4v) is 4.49. The Balaban J connectivity index is 1.80. The molecule has 0 saturated heterocycles. The molecule has 3 heterocycles. The monoisotopic (exact) mass is 470 g/mol. The number of aromatic amines is 1. The summed E-state index contributed by atoms with van der Waals surface area (Å²) in [4.78, 5) is 29.4. The van der Waals surface area contributed by atoms with Gasteiger partial charge in [-0.2, -0.15) is 5.10 Å². The lowest BCUT2D eigenvalue weighted by Crippen LogP contribution is -2.36. The standard InChI is InChI=1S/C22H24BrN5O2/c1-4-28-11-15(12(2)27-28)20-19(22(30)26-18-9-8-14(23)10-24-18)13(3)25-16-6-5-7-17(29)21(16)20/h8-11,20,25H,4-7H2,1-3H3,(H,24,26,30)/p+1. The summed E-state index contributed by atoms with van der Waals surface area (Å²) in [6, 6.07) is 3.64. The molecule has 0 spiro atoms. The maximum absolute atomic E-state index is 13.4. The number of nitrogens with one attached hydrogen (secondary N) is 3. The van der Waals surface area contributed by atoms with Crippen molar-refractivity contribution in [1.82, 2.24) is 15.1 Å². The minimum absolute atomic E-state index is 0.102. The van der Waals surface area contributed by atoms with E-state index in [1.807, 2.05) is 37.7 Å². The molecule has 2 aliphatic rings. The molecule has 2 aromatic rings. The quantitative estimate of drug-likeness (QED) is 0.716. The van der Waals surface area contributed by atoms with Gasteiger partial charge in [-0.3, -0.25) is 9.48 Å². The number of carbonyl (C=O) groups is 2. The lowest BCUT2D eigenvalue weighted by atomic mass is 9.75. The molecule has 1 amide bonds. The Labute approximate surface area is 183 Å². The van der Waals surface area contributed by atoms with Crippen LogP contribution in [0.2, 0.25) is 0 Å². The Hall–Kier alpha value is -2.74. The number of H-pyrrole nitrogens is 1. The second-order valence-corrected chi connectivity index (χ2v) is 8.58. The second-order valence-electron chi connectivity index (χ2n) is 7.67. The molecule has 0 fully saturated rings. The van der Waals surface area contributed by atoms with Gasteiger partial charge in [-0.15, -0.1) is 0 Å². The first-order valence-electron chi connectivity index (χ1n) is 10.2. The van der Waals surface area contributed by atoms with Crippen molar-refractivity contribution in [3.63, 3.8) is 0 Å². The van der Waals surface area contributed by atoms with E-state index in [0.717, 1.165) is 46.5 Å². The second kappa shape index (κ2) is 8.18. The largest absolute Gasteiger partial charge is 0.362 e. The summed E-state index contributed by atoms with van der Waals surface area (Å²) in [7, 11) is 0. The number of nitrogens with zero attached hydrogens (tertiary/aromatic N) is 2. The van der Waals surface area contributed by atoms with E-state index in [-0.39, 0.29) is 11.7 Å². The number of hydrogen-bond donors (Lipinski definition) is 2. The minimum Gasteiger partial charge on any atom is -0.362 e. The van der Waals surface area contributed by atoms with Crippen LogP contribution in [0, 0.1) is 6.92 Å². The van der Waals surface area contributed by atoms with Gasteiger partial charge in [0.15, 0.2) is 5.78 Å². The number of aromatic nitrogens is 3. The van der Waals surface area contributed by atoms with Crippen LogP contribution in [0.5, 0.6) is 0 Å². The van der Waals surface area contributed by atoms with Crippen molar-refractivity contribution in [3.05, 3.63) is 62.8 Å². The van der Waals surface area contributed by atoms with Gasteiger partial charge in [-0.05, 0) is 55.6 Å². The van der Waals surface area contributed by atoms with E-state index < -0.39 is 5.92 Å². The number of anilines is 1. The molecular weight excluding hydrogens is 446 g/mol. The fraction of sp³-hybridized carbons (Fsp3) is 0.364. The molecule has 1 aliphatic heterocycles. The van der Waals surface area contributed by atoms with Gasteiger partial charge in [0.1, 0.15) is 6.20 Å². The molecule has 30 heavy (non-hydrogen) atoms. The summed E-state index contributed by atoms with van der Waals surface area (Å²) < 4.78 is 2.74. The van der Waals surface area contributed by atoms with E-state index in [1.54, 1.807) is 12.3 Å². The van der Waals surface area contributed by atoms with Crippen LogP contribution < -0.4 is 15.6 Å². The van der Waals surface area contributed by atoms with E-state index in [1.165, 1.54) is 0 Å². The molecule has 156 valence electrons. The fourth-order valence-electron chi connectivity index (χ4n) is 4.25. The van der Waals surface area contributed by atoms with Gasteiger partial charge in [0.25, 0.3) is 5.82 Å². The number of carbonyl (C=O) groups excluding carboxylic acids is 2. The molecule has 4 rings (SSSR count). The van der Waals surface area contributed by atoms with Crippen molar-refractivity contribution in [2.24, 2.45) is 0 Å². The molecular formula is C22H25BrN5O2+. The van der Waals surface area contributed by atoms with Gasteiger partial charge in [0.05, 0.1) is 21.7 Å². The number of allylic oxidation sites excluding steroid dienone is 3. The van der Waals surface area contributed by atoms with Crippen LogP contribution in [-0.2, 0) is 16.1 Å². The number of hydrogen-bond acceptors (Lipinski definition) is 4. The number of ketones is 1. The summed E-state index contributed by atoms with van der Waals surface area (Å²) >= 11 is 3.38. The van der Waals surface area contributed by atoms with Crippen LogP contribution in [0.15, 0.2) is 51.5 Å². The van der Waals surface area contributed by atoms with Gasteiger partial charge in [-0.25, -0.2) is 15.1 Å². The Morgan fingerprint density at radius 2 is 2.17 bits per heavy atom. The predicted octanol–water partition coefficient (Wildman–Crippen LogP) is 3.39. The number of pyridine rings is 1. The number of aryl methyl sites for hydroxylation is 2. The van der Waals surface area contributed by atoms with Gasteiger partial charge in [0, 0.05) is 47.8 Å². The van der Waals surface area contributed by atoms with Crippen LogP contribution in [0.3, 0.4) is 0 Å². The number of dihydropyridines is 1. The smallest absolute Gasteiger partial charge is 0.337 e. The minimum atomic E-state index is -0.426. The van der Waals surface area contributed by atoms with E-state index in [9.17, 15) is 9.59 Å². The molecule has 3 N–H and O–H groups in total. The maximum Gasteiger partial charge on any atom is 0.337 e. The number of rotatable bonds is 4. The van der Waals surface area contributed by atoms with Crippen LogP contribution in [0.4, 0.5) is 5.82 Å². The van der Waals surface area contributed by atoms with Crippen molar-refractivity contribution in [2.45, 2.75) is 52.5 Å². The average Bonchev–Trinajstić information content (AvgIpc) is 3.09. The highest BCUT2D eigenvalue weighted by Gasteiger charge is 2.41. The molecule has 0 radical (unpaired) electrons. The Morgan fingerprint density at radius 3 is 2.83 bits per heavy atom. The molecule has 1 unspecified atom stereocenters. The third kappa shape index (κ3) is 3.71. The zero-order valence-corrected chi connectivity index (χ0v) is 18.9. The maximum atomic E-state index is 13.4. The Kier molecular flexibility index (Phi) is 5.60. The molecule has 0 bridgehead atoms. The third-order valence-electron chi connectivity index (χ3n) is 5.66. The molecule has 1 atom stereocenters. The SMILES string of the molecule is CCn1cc(C2C(C(=O)Nc3ccc(Br)c[nH+]3)=C(C)NC3=C2C(=O)CCC3)c(C)n1. The number of Topliss-reactive ketones (excluding diaryl/α,β-unsaturated/α-hetero) is 1.